The molecule has 0 spiro atoms. The summed E-state index contributed by atoms with van der Waals surface area (Å²) in [5, 5.41) is 4.41. The summed E-state index contributed by atoms with van der Waals surface area (Å²) in [4.78, 5) is 32.7. The highest BCUT2D eigenvalue weighted by molar-refractivity contribution is 6.20. The molecule has 120 valence electrons. The molecule has 0 aliphatic carbocycles. The number of carbonyl (C=O) groups is 2. The molecule has 7 heteroatoms. The molecule has 1 aliphatic heterocycles. The van der Waals surface area contributed by atoms with Gasteiger partial charge in [0.25, 0.3) is 11.8 Å². The van der Waals surface area contributed by atoms with Gasteiger partial charge in [-0.2, -0.15) is 0 Å². The van der Waals surface area contributed by atoms with Crippen LogP contribution in [0.4, 0.5) is 0 Å². The first kappa shape index (κ1) is 15.7. The zero-order chi connectivity index (χ0) is 17.1. The number of rotatable bonds is 5. The van der Waals surface area contributed by atoms with E-state index in [-0.39, 0.29) is 6.61 Å². The summed E-state index contributed by atoms with van der Waals surface area (Å²) < 4.78 is 0. The second-order valence-corrected chi connectivity index (χ2v) is 5.38. The van der Waals surface area contributed by atoms with Crippen LogP contribution in [-0.2, 0) is 4.84 Å². The number of aryl methyl sites for hydroxylation is 1. The Morgan fingerprint density at radius 1 is 1.08 bits per heavy atom. The number of benzene rings is 2. The van der Waals surface area contributed by atoms with E-state index in [2.05, 4.69) is 10.0 Å². The average molecular weight is 322 g/mol. The standard InChI is InChI=1S/C17H14N4O3/c1-11-6-8-12(9-7-11)15(19-20-18)10-24-21-16(22)13-4-2-3-5-14(13)17(21)23/h2-9,15H,10H2,1H3. The largest absolute Gasteiger partial charge is 0.285 e. The first-order chi connectivity index (χ1) is 11.6. The summed E-state index contributed by atoms with van der Waals surface area (Å²) in [6.07, 6.45) is 0. The van der Waals surface area contributed by atoms with Crippen molar-refractivity contribution in [3.05, 3.63) is 81.2 Å². The van der Waals surface area contributed by atoms with Crippen LogP contribution >= 0.6 is 0 Å². The first-order valence-electron chi connectivity index (χ1n) is 7.33. The fraction of sp³-hybridized carbons (Fsp3) is 0.176. The number of carbonyl (C=O) groups excluding carboxylic acids is 2. The molecule has 1 heterocycles. The zero-order valence-electron chi connectivity index (χ0n) is 12.9. The highest BCUT2D eigenvalue weighted by Crippen LogP contribution is 2.25. The Balaban J connectivity index is 1.76. The van der Waals surface area contributed by atoms with Crippen LogP contribution in [0.25, 0.3) is 10.4 Å². The van der Waals surface area contributed by atoms with E-state index in [9.17, 15) is 9.59 Å². The topological polar surface area (TPSA) is 95.4 Å². The van der Waals surface area contributed by atoms with Crippen LogP contribution in [-0.4, -0.2) is 23.5 Å². The summed E-state index contributed by atoms with van der Waals surface area (Å²) in [6, 6.07) is 13.3. The smallest absolute Gasteiger partial charge is 0.266 e. The highest BCUT2D eigenvalue weighted by atomic mass is 16.7. The lowest BCUT2D eigenvalue weighted by Crippen LogP contribution is -2.31. The first-order valence-corrected chi connectivity index (χ1v) is 7.33. The molecule has 0 N–H and O–H groups in total. The molecule has 0 aromatic heterocycles. The third kappa shape index (κ3) is 2.86. The number of fused-ring (bicyclic) bond motifs is 1. The third-order valence-electron chi connectivity index (χ3n) is 3.77. The van der Waals surface area contributed by atoms with Crippen LogP contribution in [0.5, 0.6) is 0 Å². The molecule has 0 saturated heterocycles. The SMILES string of the molecule is Cc1ccc(C(CON2C(=O)c3ccccc3C2=O)N=[N+]=[N-])cc1. The van der Waals surface area contributed by atoms with Gasteiger partial charge in [0.15, 0.2) is 0 Å². The summed E-state index contributed by atoms with van der Waals surface area (Å²) in [5.74, 6) is -1.03. The van der Waals surface area contributed by atoms with Crippen LogP contribution in [0, 0.1) is 6.92 Å². The minimum absolute atomic E-state index is 0.113. The predicted octanol–water partition coefficient (Wildman–Crippen LogP) is 3.57. The van der Waals surface area contributed by atoms with Gasteiger partial charge < -0.3 is 0 Å². The van der Waals surface area contributed by atoms with E-state index in [4.69, 9.17) is 10.4 Å². The van der Waals surface area contributed by atoms with E-state index < -0.39 is 17.9 Å². The van der Waals surface area contributed by atoms with Gasteiger partial charge in [0.1, 0.15) is 0 Å². The molecular weight excluding hydrogens is 308 g/mol. The Morgan fingerprint density at radius 3 is 2.21 bits per heavy atom. The number of imide groups is 1. The monoisotopic (exact) mass is 322 g/mol. The van der Waals surface area contributed by atoms with Crippen molar-refractivity contribution in [2.75, 3.05) is 6.61 Å². The van der Waals surface area contributed by atoms with Crippen molar-refractivity contribution in [3.63, 3.8) is 0 Å². The average Bonchev–Trinajstić information content (AvgIpc) is 2.84. The molecule has 1 unspecified atom stereocenters. The quantitative estimate of drug-likeness (QED) is 0.364. The molecule has 0 bridgehead atoms. The molecule has 2 amide bonds. The Bertz CT molecular complexity index is 806. The van der Waals surface area contributed by atoms with Crippen LogP contribution in [0.2, 0.25) is 0 Å². The zero-order valence-corrected chi connectivity index (χ0v) is 12.9. The van der Waals surface area contributed by atoms with E-state index in [0.29, 0.717) is 11.1 Å². The highest BCUT2D eigenvalue weighted by Gasteiger charge is 2.36. The van der Waals surface area contributed by atoms with Gasteiger partial charge in [-0.15, -0.1) is 5.06 Å². The maximum atomic E-state index is 12.2. The van der Waals surface area contributed by atoms with E-state index in [1.165, 1.54) is 0 Å². The van der Waals surface area contributed by atoms with Gasteiger partial charge >= 0.3 is 0 Å². The molecule has 3 rings (SSSR count). The van der Waals surface area contributed by atoms with Crippen molar-refractivity contribution >= 4 is 11.8 Å². The van der Waals surface area contributed by atoms with Crippen LogP contribution < -0.4 is 0 Å². The molecular formula is C17H14N4O3. The predicted molar refractivity (Wildman–Crippen MR) is 86.0 cm³/mol. The summed E-state index contributed by atoms with van der Waals surface area (Å²) in [6.45, 7) is 1.83. The fourth-order valence-electron chi connectivity index (χ4n) is 2.48. The van der Waals surface area contributed by atoms with E-state index in [1.54, 1.807) is 24.3 Å². The Labute approximate surface area is 138 Å². The Hall–Kier alpha value is -3.15. The maximum absolute atomic E-state index is 12.2. The number of amides is 2. The maximum Gasteiger partial charge on any atom is 0.285 e. The molecule has 1 aliphatic rings. The van der Waals surface area contributed by atoms with E-state index in [1.807, 2.05) is 31.2 Å². The number of nitrogens with zero attached hydrogens (tertiary/aromatic N) is 4. The van der Waals surface area contributed by atoms with Crippen molar-refractivity contribution in [1.82, 2.24) is 5.06 Å². The van der Waals surface area contributed by atoms with Crippen molar-refractivity contribution < 1.29 is 14.4 Å². The molecule has 7 nitrogen and oxygen atoms in total. The van der Waals surface area contributed by atoms with Crippen molar-refractivity contribution in [1.29, 1.82) is 0 Å². The van der Waals surface area contributed by atoms with Gasteiger partial charge in [0.05, 0.1) is 23.8 Å². The number of hydrogen-bond donors (Lipinski definition) is 0. The van der Waals surface area contributed by atoms with Crippen molar-refractivity contribution in [2.45, 2.75) is 13.0 Å². The number of hydrogen-bond acceptors (Lipinski definition) is 4. The normalized spacial score (nSPS) is 14.3. The molecule has 2 aromatic rings. The lowest BCUT2D eigenvalue weighted by atomic mass is 10.1. The van der Waals surface area contributed by atoms with Crippen LogP contribution in [0.15, 0.2) is 53.6 Å². The van der Waals surface area contributed by atoms with Crippen molar-refractivity contribution in [3.8, 4) is 0 Å². The molecule has 0 fully saturated rings. The van der Waals surface area contributed by atoms with E-state index >= 15 is 0 Å². The molecule has 2 aromatic carbocycles. The lowest BCUT2D eigenvalue weighted by Gasteiger charge is -2.17. The summed E-state index contributed by atoms with van der Waals surface area (Å²) >= 11 is 0. The van der Waals surface area contributed by atoms with Gasteiger partial charge in [0, 0.05) is 4.91 Å². The molecule has 24 heavy (non-hydrogen) atoms. The second-order valence-electron chi connectivity index (χ2n) is 5.38. The fourth-order valence-corrected chi connectivity index (χ4v) is 2.48. The number of azide groups is 1. The van der Waals surface area contributed by atoms with Gasteiger partial charge in [0.2, 0.25) is 0 Å². The molecule has 0 radical (unpaired) electrons. The lowest BCUT2D eigenvalue weighted by molar-refractivity contribution is -0.0955. The molecule has 1 atom stereocenters. The Morgan fingerprint density at radius 2 is 1.67 bits per heavy atom. The van der Waals surface area contributed by atoms with Gasteiger partial charge in [-0.05, 0) is 30.2 Å². The number of hydroxylamine groups is 2. The van der Waals surface area contributed by atoms with Crippen LogP contribution in [0.1, 0.15) is 37.9 Å². The van der Waals surface area contributed by atoms with Gasteiger partial charge in [-0.25, -0.2) is 0 Å². The van der Waals surface area contributed by atoms with Gasteiger partial charge in [-0.1, -0.05) is 47.1 Å². The minimum atomic E-state index is -0.639. The van der Waals surface area contributed by atoms with Crippen LogP contribution in [0.3, 0.4) is 0 Å². The molecule has 0 saturated carbocycles. The van der Waals surface area contributed by atoms with E-state index in [0.717, 1.165) is 16.2 Å². The summed E-state index contributed by atoms with van der Waals surface area (Å²) in [5.41, 5.74) is 11.2. The Kier molecular flexibility index (Phi) is 4.29. The van der Waals surface area contributed by atoms with Gasteiger partial charge in [-0.3, -0.25) is 14.4 Å². The second kappa shape index (κ2) is 6.54. The summed E-state index contributed by atoms with van der Waals surface area (Å²) in [7, 11) is 0. The minimum Gasteiger partial charge on any atom is -0.266 e. The van der Waals surface area contributed by atoms with Crippen molar-refractivity contribution in [2.24, 2.45) is 5.11 Å². The third-order valence-corrected chi connectivity index (χ3v) is 3.77.